The van der Waals surface area contributed by atoms with Gasteiger partial charge in [0.15, 0.2) is 0 Å². The smallest absolute Gasteiger partial charge is 0.139 e. The molecule has 3 nitrogen and oxygen atoms in total. The van der Waals surface area contributed by atoms with Crippen LogP contribution < -0.4 is 5.73 Å². The van der Waals surface area contributed by atoms with Crippen molar-refractivity contribution in [2.75, 3.05) is 6.54 Å². The Balaban J connectivity index is 0.00000210. The molecule has 0 bridgehead atoms. The zero-order chi connectivity index (χ0) is 18.5. The van der Waals surface area contributed by atoms with E-state index in [1.54, 1.807) is 0 Å². The molecule has 4 saturated carbocycles. The molecule has 4 fully saturated rings. The van der Waals surface area contributed by atoms with Gasteiger partial charge in [-0.2, -0.15) is 0 Å². The number of Topliss-reactive ketones (excluding diaryl/α,β-unsaturated/α-hetero) is 2. The molecule has 1 unspecified atom stereocenters. The summed E-state index contributed by atoms with van der Waals surface area (Å²) in [5.41, 5.74) is 5.63. The second-order valence-corrected chi connectivity index (χ2v) is 10.1. The lowest BCUT2D eigenvalue weighted by molar-refractivity contribution is -0.157. The van der Waals surface area contributed by atoms with Crippen molar-refractivity contribution in [2.24, 2.45) is 46.2 Å². The highest BCUT2D eigenvalue weighted by Gasteiger charge is 2.62. The van der Waals surface area contributed by atoms with Crippen molar-refractivity contribution in [2.45, 2.75) is 71.6 Å². The number of fused-ring (bicyclic) bond motifs is 5. The fourth-order valence-corrected chi connectivity index (χ4v) is 7.40. The summed E-state index contributed by atoms with van der Waals surface area (Å²) in [6.07, 6.45) is 13.6. The van der Waals surface area contributed by atoms with E-state index in [1.165, 1.54) is 12.8 Å². The second kappa shape index (κ2) is 7.63. The van der Waals surface area contributed by atoms with E-state index in [0.717, 1.165) is 44.9 Å². The SMILES string of the molecule is C[C@]12CC[C@@H](C=CCCN)CC1C(=O)C[C@@H]1[C@@H]2CC[C@]2(C)C(=O)CC[C@@H]12.Cl. The van der Waals surface area contributed by atoms with Crippen LogP contribution in [0.25, 0.3) is 0 Å². The summed E-state index contributed by atoms with van der Waals surface area (Å²) in [6.45, 7) is 5.30. The van der Waals surface area contributed by atoms with Crippen LogP contribution in [0, 0.1) is 40.4 Å². The number of rotatable bonds is 3. The average molecular weight is 394 g/mol. The molecule has 4 heteroatoms. The minimum Gasteiger partial charge on any atom is -0.330 e. The normalized spacial score (nSPS) is 46.6. The Morgan fingerprint density at radius 1 is 1.11 bits per heavy atom. The standard InChI is InChI=1S/C23H35NO2.ClH/c1-22-10-8-15(5-3-4-12-24)13-19(22)20(25)14-16-17-6-7-21(26)23(17,2)11-9-18(16)22;/h3,5,15-19H,4,6-14,24H2,1-2H3;1H/t15-,16+,17+,18+,19?,22-,23+;/m1./s1. The highest BCUT2D eigenvalue weighted by Crippen LogP contribution is 2.65. The predicted octanol–water partition coefficient (Wildman–Crippen LogP) is 4.72. The molecule has 0 saturated heterocycles. The van der Waals surface area contributed by atoms with Gasteiger partial charge >= 0.3 is 0 Å². The van der Waals surface area contributed by atoms with Crippen molar-refractivity contribution in [3.05, 3.63) is 12.2 Å². The molecule has 152 valence electrons. The number of carbonyl (C=O) groups is 2. The van der Waals surface area contributed by atoms with Crippen LogP contribution in [-0.2, 0) is 9.59 Å². The largest absolute Gasteiger partial charge is 0.330 e. The summed E-state index contributed by atoms with van der Waals surface area (Å²) in [6, 6.07) is 0. The summed E-state index contributed by atoms with van der Waals surface area (Å²) in [5, 5.41) is 0. The van der Waals surface area contributed by atoms with Crippen LogP contribution in [0.5, 0.6) is 0 Å². The molecule has 0 aromatic rings. The van der Waals surface area contributed by atoms with Crippen molar-refractivity contribution < 1.29 is 9.59 Å². The van der Waals surface area contributed by atoms with Gasteiger partial charge in [-0.25, -0.2) is 0 Å². The average Bonchev–Trinajstić information content (AvgIpc) is 2.92. The third kappa shape index (κ3) is 3.23. The third-order valence-corrected chi connectivity index (χ3v) is 8.95. The van der Waals surface area contributed by atoms with E-state index in [-0.39, 0.29) is 29.2 Å². The lowest BCUT2D eigenvalue weighted by atomic mass is 9.44. The fraction of sp³-hybridized carbons (Fsp3) is 0.826. The Hall–Kier alpha value is -0.670. The molecule has 2 N–H and O–H groups in total. The van der Waals surface area contributed by atoms with Crippen LogP contribution >= 0.6 is 12.4 Å². The number of nitrogens with two attached hydrogens (primary N) is 1. The predicted molar refractivity (Wildman–Crippen MR) is 111 cm³/mol. The molecule has 27 heavy (non-hydrogen) atoms. The number of hydrogen-bond acceptors (Lipinski definition) is 3. The van der Waals surface area contributed by atoms with Crippen LogP contribution in [-0.4, -0.2) is 18.1 Å². The van der Waals surface area contributed by atoms with Crippen LogP contribution in [0.1, 0.15) is 71.6 Å². The van der Waals surface area contributed by atoms with E-state index in [4.69, 9.17) is 5.73 Å². The molecular formula is C23H36ClNO2. The first-order chi connectivity index (χ1) is 12.4. The minimum atomic E-state index is -0.132. The van der Waals surface area contributed by atoms with E-state index in [0.29, 0.717) is 41.8 Å². The monoisotopic (exact) mass is 393 g/mol. The van der Waals surface area contributed by atoms with Crippen molar-refractivity contribution in [3.8, 4) is 0 Å². The quantitative estimate of drug-likeness (QED) is 0.705. The Labute approximate surface area is 170 Å². The Bertz CT molecular complexity index is 632. The summed E-state index contributed by atoms with van der Waals surface area (Å²) < 4.78 is 0. The summed E-state index contributed by atoms with van der Waals surface area (Å²) in [7, 11) is 0. The molecule has 4 rings (SSSR count). The number of ketones is 2. The van der Waals surface area contributed by atoms with Gasteiger partial charge in [-0.3, -0.25) is 9.59 Å². The molecule has 0 heterocycles. The molecule has 4 aliphatic carbocycles. The maximum absolute atomic E-state index is 13.2. The van der Waals surface area contributed by atoms with Gasteiger partial charge in [0.1, 0.15) is 11.6 Å². The lowest BCUT2D eigenvalue weighted by Crippen LogP contribution is -2.56. The van der Waals surface area contributed by atoms with E-state index >= 15 is 0 Å². The van der Waals surface area contributed by atoms with Crippen LogP contribution in [0.4, 0.5) is 0 Å². The summed E-state index contributed by atoms with van der Waals surface area (Å²) in [4.78, 5) is 25.7. The Kier molecular flexibility index (Phi) is 5.95. The fourth-order valence-electron chi connectivity index (χ4n) is 7.40. The second-order valence-electron chi connectivity index (χ2n) is 10.1. The van der Waals surface area contributed by atoms with Gasteiger partial charge in [-0.1, -0.05) is 26.0 Å². The Morgan fingerprint density at radius 2 is 1.89 bits per heavy atom. The first-order valence-corrected chi connectivity index (χ1v) is 10.8. The molecule has 0 aromatic carbocycles. The molecule has 0 spiro atoms. The van der Waals surface area contributed by atoms with Gasteiger partial charge in [0.2, 0.25) is 0 Å². The topological polar surface area (TPSA) is 60.2 Å². The van der Waals surface area contributed by atoms with Gasteiger partial charge < -0.3 is 5.73 Å². The van der Waals surface area contributed by atoms with Crippen molar-refractivity contribution >= 4 is 24.0 Å². The number of allylic oxidation sites excluding steroid dienone is 1. The molecule has 0 aliphatic heterocycles. The molecule has 0 aromatic heterocycles. The third-order valence-electron chi connectivity index (χ3n) is 8.95. The van der Waals surface area contributed by atoms with E-state index in [2.05, 4.69) is 26.0 Å². The molecule has 4 aliphatic rings. The minimum absolute atomic E-state index is 0. The Morgan fingerprint density at radius 3 is 2.63 bits per heavy atom. The van der Waals surface area contributed by atoms with Crippen LogP contribution in [0.3, 0.4) is 0 Å². The number of hydrogen-bond donors (Lipinski definition) is 1. The molecular weight excluding hydrogens is 358 g/mol. The van der Waals surface area contributed by atoms with E-state index in [9.17, 15) is 9.59 Å². The molecule has 0 radical (unpaired) electrons. The van der Waals surface area contributed by atoms with Crippen molar-refractivity contribution in [3.63, 3.8) is 0 Å². The van der Waals surface area contributed by atoms with Gasteiger partial charge in [-0.15, -0.1) is 12.4 Å². The van der Waals surface area contributed by atoms with Crippen LogP contribution in [0.15, 0.2) is 12.2 Å². The molecule has 7 atom stereocenters. The van der Waals surface area contributed by atoms with Crippen molar-refractivity contribution in [1.29, 1.82) is 0 Å². The highest BCUT2D eigenvalue weighted by molar-refractivity contribution is 5.88. The highest BCUT2D eigenvalue weighted by atomic mass is 35.5. The first kappa shape index (κ1) is 21.0. The zero-order valence-corrected chi connectivity index (χ0v) is 17.7. The summed E-state index contributed by atoms with van der Waals surface area (Å²) in [5.74, 6) is 3.29. The number of carbonyl (C=O) groups excluding carboxylic acids is 2. The van der Waals surface area contributed by atoms with Gasteiger partial charge in [0.05, 0.1) is 0 Å². The molecule has 0 amide bonds. The van der Waals surface area contributed by atoms with Gasteiger partial charge in [0.25, 0.3) is 0 Å². The zero-order valence-electron chi connectivity index (χ0n) is 16.9. The number of halogens is 1. The first-order valence-electron chi connectivity index (χ1n) is 10.8. The maximum Gasteiger partial charge on any atom is 0.139 e. The van der Waals surface area contributed by atoms with Gasteiger partial charge in [0, 0.05) is 24.2 Å². The van der Waals surface area contributed by atoms with E-state index in [1.807, 2.05) is 0 Å². The van der Waals surface area contributed by atoms with Gasteiger partial charge in [-0.05, 0) is 80.6 Å². The summed E-state index contributed by atoms with van der Waals surface area (Å²) >= 11 is 0. The van der Waals surface area contributed by atoms with E-state index < -0.39 is 0 Å². The maximum atomic E-state index is 13.2. The lowest BCUT2D eigenvalue weighted by Gasteiger charge is -2.59. The van der Waals surface area contributed by atoms with Crippen molar-refractivity contribution in [1.82, 2.24) is 0 Å². The van der Waals surface area contributed by atoms with Crippen LogP contribution in [0.2, 0.25) is 0 Å².